The van der Waals surface area contributed by atoms with Gasteiger partial charge < -0.3 is 10.1 Å². The summed E-state index contributed by atoms with van der Waals surface area (Å²) in [5.74, 6) is -1.38. The maximum absolute atomic E-state index is 13.4. The first-order chi connectivity index (χ1) is 9.52. The summed E-state index contributed by atoms with van der Waals surface area (Å²) in [7, 11) is 0. The molecule has 0 radical (unpaired) electrons. The smallest absolute Gasteiger partial charge is 0.317 e. The number of hydrogen-bond acceptors (Lipinski definition) is 3. The van der Waals surface area contributed by atoms with Crippen molar-refractivity contribution in [2.24, 2.45) is 10.9 Å². The Kier molecular flexibility index (Phi) is 4.44. The predicted molar refractivity (Wildman–Crippen MR) is 78.3 cm³/mol. The third kappa shape index (κ3) is 3.01. The second-order valence-corrected chi connectivity index (χ2v) is 4.86. The molecule has 0 aliphatic carbocycles. The molecular weight excluding hydrogens is 279 g/mol. The van der Waals surface area contributed by atoms with Crippen LogP contribution in [0.15, 0.2) is 29.3 Å². The Hall–Kier alpha value is -1.82. The summed E-state index contributed by atoms with van der Waals surface area (Å²) < 4.78 is 18.4. The Morgan fingerprint density at radius 2 is 2.30 bits per heavy atom. The van der Waals surface area contributed by atoms with E-state index in [9.17, 15) is 9.18 Å². The third-order valence-corrected chi connectivity index (χ3v) is 3.24. The number of benzene rings is 1. The van der Waals surface area contributed by atoms with Crippen molar-refractivity contribution in [3.05, 3.63) is 35.6 Å². The third-order valence-electron chi connectivity index (χ3n) is 3.03. The highest BCUT2D eigenvalue weighted by Crippen LogP contribution is 2.20. The average molecular weight is 294 g/mol. The van der Waals surface area contributed by atoms with Crippen molar-refractivity contribution in [2.75, 3.05) is 6.61 Å². The van der Waals surface area contributed by atoms with Crippen LogP contribution in [0.2, 0.25) is 0 Å². The minimum Gasteiger partial charge on any atom is -0.465 e. The van der Waals surface area contributed by atoms with Gasteiger partial charge in [0.2, 0.25) is 0 Å². The summed E-state index contributed by atoms with van der Waals surface area (Å²) in [6, 6.07) is 5.70. The molecule has 0 spiro atoms. The molecule has 20 heavy (non-hydrogen) atoms. The zero-order valence-corrected chi connectivity index (χ0v) is 12.0. The number of hydrogen-bond donors (Lipinski definition) is 1. The van der Waals surface area contributed by atoms with Crippen molar-refractivity contribution in [3.63, 3.8) is 0 Å². The zero-order valence-electron chi connectivity index (χ0n) is 11.2. The van der Waals surface area contributed by atoms with Gasteiger partial charge in [0.05, 0.1) is 12.3 Å². The van der Waals surface area contributed by atoms with Crippen molar-refractivity contribution < 1.29 is 13.9 Å². The number of nitrogens with one attached hydrogen (secondary N) is 1. The summed E-state index contributed by atoms with van der Waals surface area (Å²) in [6.45, 7) is 3.84. The Morgan fingerprint density at radius 3 is 2.95 bits per heavy atom. The minimum atomic E-state index is -0.608. The molecule has 2 rings (SSSR count). The van der Waals surface area contributed by atoms with Crippen LogP contribution < -0.4 is 5.32 Å². The molecule has 0 saturated heterocycles. The lowest BCUT2D eigenvalue weighted by atomic mass is 9.89. The molecule has 0 aromatic heterocycles. The van der Waals surface area contributed by atoms with Crippen LogP contribution in [0.25, 0.3) is 0 Å². The second-order valence-electron chi connectivity index (χ2n) is 4.48. The molecule has 1 N–H and O–H groups in total. The number of rotatable bonds is 3. The van der Waals surface area contributed by atoms with E-state index in [0.29, 0.717) is 11.3 Å². The van der Waals surface area contributed by atoms with Gasteiger partial charge in [-0.25, -0.2) is 9.38 Å². The van der Waals surface area contributed by atoms with Crippen LogP contribution in [0, 0.1) is 11.7 Å². The van der Waals surface area contributed by atoms with E-state index in [2.05, 4.69) is 10.3 Å². The standard InChI is InChI=1S/C14H15FN2O2S/c1-3-19-13(18)11-8(2)16-14(20)17-12(11)9-5-4-6-10(15)7-9/h4-8,11H,3H2,1-2H3,(H,16,20). The Morgan fingerprint density at radius 1 is 1.55 bits per heavy atom. The summed E-state index contributed by atoms with van der Waals surface area (Å²) in [6.07, 6.45) is 0. The molecule has 0 bridgehead atoms. The van der Waals surface area contributed by atoms with Crippen molar-refractivity contribution in [1.82, 2.24) is 5.32 Å². The summed E-state index contributed by atoms with van der Waals surface area (Å²) in [4.78, 5) is 16.3. The second kappa shape index (κ2) is 6.09. The fourth-order valence-corrected chi connectivity index (χ4v) is 2.45. The van der Waals surface area contributed by atoms with Crippen molar-refractivity contribution in [3.8, 4) is 0 Å². The summed E-state index contributed by atoms with van der Waals surface area (Å²) in [5, 5.41) is 3.22. The molecule has 0 amide bonds. The van der Waals surface area contributed by atoms with Gasteiger partial charge in [-0.15, -0.1) is 0 Å². The molecule has 1 aliphatic heterocycles. The number of nitrogens with zero attached hydrogens (tertiary/aromatic N) is 1. The Bertz CT molecular complexity index is 574. The maximum atomic E-state index is 13.4. The van der Waals surface area contributed by atoms with Crippen LogP contribution in [0.3, 0.4) is 0 Å². The highest BCUT2D eigenvalue weighted by atomic mass is 32.1. The van der Waals surface area contributed by atoms with Crippen LogP contribution in [0.5, 0.6) is 0 Å². The first-order valence-corrected chi connectivity index (χ1v) is 6.75. The van der Waals surface area contributed by atoms with Crippen molar-refractivity contribution in [1.29, 1.82) is 0 Å². The van der Waals surface area contributed by atoms with Gasteiger partial charge in [-0.2, -0.15) is 0 Å². The van der Waals surface area contributed by atoms with E-state index in [-0.39, 0.29) is 23.6 Å². The lowest BCUT2D eigenvalue weighted by Crippen LogP contribution is -2.49. The lowest BCUT2D eigenvalue weighted by molar-refractivity contribution is -0.146. The number of ether oxygens (including phenoxy) is 1. The first-order valence-electron chi connectivity index (χ1n) is 6.34. The van der Waals surface area contributed by atoms with Crippen LogP contribution in [0.4, 0.5) is 4.39 Å². The van der Waals surface area contributed by atoms with Gasteiger partial charge in [0.25, 0.3) is 0 Å². The number of carbonyl (C=O) groups is 1. The van der Waals surface area contributed by atoms with Gasteiger partial charge in [-0.1, -0.05) is 12.1 Å². The van der Waals surface area contributed by atoms with Crippen molar-refractivity contribution >= 4 is 29.0 Å². The lowest BCUT2D eigenvalue weighted by Gasteiger charge is -2.29. The van der Waals surface area contributed by atoms with E-state index in [1.54, 1.807) is 19.1 Å². The van der Waals surface area contributed by atoms with Gasteiger partial charge >= 0.3 is 5.97 Å². The largest absolute Gasteiger partial charge is 0.465 e. The molecule has 2 unspecified atom stereocenters. The van der Waals surface area contributed by atoms with Crippen LogP contribution in [-0.4, -0.2) is 29.4 Å². The highest BCUT2D eigenvalue weighted by Gasteiger charge is 2.36. The zero-order chi connectivity index (χ0) is 14.7. The summed E-state index contributed by atoms with van der Waals surface area (Å²) in [5.41, 5.74) is 0.984. The van der Waals surface area contributed by atoms with E-state index in [4.69, 9.17) is 17.0 Å². The van der Waals surface area contributed by atoms with E-state index in [1.807, 2.05) is 6.92 Å². The van der Waals surface area contributed by atoms with E-state index in [1.165, 1.54) is 12.1 Å². The fraction of sp³-hybridized carbons (Fsp3) is 0.357. The number of aliphatic imine (C=N–C) groups is 1. The molecule has 1 heterocycles. The van der Waals surface area contributed by atoms with Crippen molar-refractivity contribution in [2.45, 2.75) is 19.9 Å². The molecule has 0 fully saturated rings. The quantitative estimate of drug-likeness (QED) is 0.685. The van der Waals surface area contributed by atoms with Gasteiger partial charge in [-0.05, 0) is 43.8 Å². The topological polar surface area (TPSA) is 50.7 Å². The van der Waals surface area contributed by atoms with Gasteiger partial charge in [0, 0.05) is 6.04 Å². The van der Waals surface area contributed by atoms with Crippen LogP contribution in [-0.2, 0) is 9.53 Å². The monoisotopic (exact) mass is 294 g/mol. The SMILES string of the molecule is CCOC(=O)C1C(c2cccc(F)c2)=NC(=S)NC1C. The molecule has 1 aromatic rings. The highest BCUT2D eigenvalue weighted by molar-refractivity contribution is 7.80. The average Bonchev–Trinajstić information content (AvgIpc) is 2.37. The number of halogens is 1. The molecular formula is C14H15FN2O2S. The first kappa shape index (κ1) is 14.6. The number of esters is 1. The van der Waals surface area contributed by atoms with E-state index in [0.717, 1.165) is 0 Å². The molecule has 1 aliphatic rings. The predicted octanol–water partition coefficient (Wildman–Crippen LogP) is 2.07. The minimum absolute atomic E-state index is 0.252. The van der Waals surface area contributed by atoms with Crippen LogP contribution >= 0.6 is 12.2 Å². The molecule has 106 valence electrons. The van der Waals surface area contributed by atoms with Gasteiger partial charge in [-0.3, -0.25) is 4.79 Å². The summed E-state index contributed by atoms with van der Waals surface area (Å²) >= 11 is 5.05. The van der Waals surface area contributed by atoms with Gasteiger partial charge in [0.1, 0.15) is 11.7 Å². The van der Waals surface area contributed by atoms with E-state index >= 15 is 0 Å². The Balaban J connectivity index is 2.44. The normalized spacial score (nSPS) is 21.9. The van der Waals surface area contributed by atoms with Crippen LogP contribution in [0.1, 0.15) is 19.4 Å². The molecule has 2 atom stereocenters. The molecule has 4 nitrogen and oxygen atoms in total. The van der Waals surface area contributed by atoms with Gasteiger partial charge in [0.15, 0.2) is 5.11 Å². The number of thiocarbonyl (C=S) groups is 1. The maximum Gasteiger partial charge on any atom is 0.317 e. The fourth-order valence-electron chi connectivity index (χ4n) is 2.17. The molecule has 0 saturated carbocycles. The van der Waals surface area contributed by atoms with E-state index < -0.39 is 11.9 Å². The molecule has 1 aromatic carbocycles. The Labute approximate surface area is 122 Å². The molecule has 6 heteroatoms. The number of carbonyl (C=O) groups excluding carboxylic acids is 1.